The van der Waals surface area contributed by atoms with Crippen molar-refractivity contribution in [2.24, 2.45) is 0 Å². The van der Waals surface area contributed by atoms with Crippen molar-refractivity contribution in [3.05, 3.63) is 100 Å². The van der Waals surface area contributed by atoms with E-state index in [0.717, 1.165) is 36.9 Å². The molecule has 0 unspecified atom stereocenters. The summed E-state index contributed by atoms with van der Waals surface area (Å²) in [7, 11) is 0. The molecule has 0 spiro atoms. The van der Waals surface area contributed by atoms with Crippen molar-refractivity contribution >= 4 is 23.3 Å². The van der Waals surface area contributed by atoms with Crippen molar-refractivity contribution < 1.29 is 4.79 Å². The zero-order valence-electron chi connectivity index (χ0n) is 22.0. The topological polar surface area (TPSA) is 32.3 Å². The molecule has 1 saturated carbocycles. The van der Waals surface area contributed by atoms with E-state index in [0.29, 0.717) is 29.3 Å². The molecule has 0 heterocycles. The number of para-hydroxylation sites is 1. The first-order valence-electron chi connectivity index (χ1n) is 13.3. The van der Waals surface area contributed by atoms with Crippen molar-refractivity contribution in [3.8, 4) is 0 Å². The molecule has 0 bridgehead atoms. The Hall–Kier alpha value is -2.78. The molecular formula is C32H39ClN2O. The van der Waals surface area contributed by atoms with Gasteiger partial charge in [-0.1, -0.05) is 106 Å². The van der Waals surface area contributed by atoms with Crippen molar-refractivity contribution in [2.75, 3.05) is 5.32 Å². The molecule has 36 heavy (non-hydrogen) atoms. The number of halogens is 1. The standard InChI is InChI=1S/C32H39ClN2O/c1-22(2)28-14-10-15-29(23(3)4)31(28)34-32(36)35(21-26-13-8-9-16-30(26)33)27-19-17-25(18-20-27)24-11-6-5-7-12-24/h5-16,22-23,25,27H,17-21H2,1-4H3,(H,34,36). The summed E-state index contributed by atoms with van der Waals surface area (Å²) in [6, 6.07) is 25.2. The van der Waals surface area contributed by atoms with E-state index < -0.39 is 0 Å². The molecule has 1 N–H and O–H groups in total. The van der Waals surface area contributed by atoms with Gasteiger partial charge in [0.05, 0.1) is 0 Å². The number of benzene rings is 3. The van der Waals surface area contributed by atoms with Gasteiger partial charge in [0.2, 0.25) is 0 Å². The average Bonchev–Trinajstić information content (AvgIpc) is 2.88. The van der Waals surface area contributed by atoms with Crippen LogP contribution in [0.5, 0.6) is 0 Å². The van der Waals surface area contributed by atoms with Crippen LogP contribution >= 0.6 is 11.6 Å². The second kappa shape index (κ2) is 12.0. The first-order chi connectivity index (χ1) is 17.3. The average molecular weight is 503 g/mol. The van der Waals surface area contributed by atoms with Crippen LogP contribution in [0.3, 0.4) is 0 Å². The molecule has 3 aromatic rings. The Balaban J connectivity index is 1.60. The van der Waals surface area contributed by atoms with Gasteiger partial charge in [0, 0.05) is 23.3 Å². The van der Waals surface area contributed by atoms with Crippen molar-refractivity contribution in [1.82, 2.24) is 4.90 Å². The summed E-state index contributed by atoms with van der Waals surface area (Å²) in [6.07, 6.45) is 4.14. The molecule has 1 aliphatic carbocycles. The van der Waals surface area contributed by atoms with Crippen LogP contribution in [0.15, 0.2) is 72.8 Å². The number of nitrogens with zero attached hydrogens (tertiary/aromatic N) is 1. The molecule has 0 aromatic heterocycles. The lowest BCUT2D eigenvalue weighted by Crippen LogP contribution is -2.44. The Morgan fingerprint density at radius 1 is 0.833 bits per heavy atom. The molecule has 4 heteroatoms. The maximum atomic E-state index is 14.0. The molecule has 0 aliphatic heterocycles. The summed E-state index contributed by atoms with van der Waals surface area (Å²) in [5, 5.41) is 4.07. The van der Waals surface area contributed by atoms with Gasteiger partial charge in [-0.15, -0.1) is 0 Å². The van der Waals surface area contributed by atoms with Crippen molar-refractivity contribution in [3.63, 3.8) is 0 Å². The van der Waals surface area contributed by atoms with E-state index >= 15 is 0 Å². The quantitative estimate of drug-likeness (QED) is 0.343. The van der Waals surface area contributed by atoms with Crippen LogP contribution in [0.1, 0.15) is 93.4 Å². The third kappa shape index (κ3) is 6.13. The lowest BCUT2D eigenvalue weighted by Gasteiger charge is -2.38. The van der Waals surface area contributed by atoms with E-state index in [4.69, 9.17) is 11.6 Å². The molecule has 0 atom stereocenters. The molecule has 3 nitrogen and oxygen atoms in total. The molecule has 3 aromatic carbocycles. The molecule has 1 aliphatic rings. The smallest absolute Gasteiger partial charge is 0.317 e. The van der Waals surface area contributed by atoms with Gasteiger partial charge < -0.3 is 10.2 Å². The Kier molecular flexibility index (Phi) is 8.74. The molecule has 190 valence electrons. The summed E-state index contributed by atoms with van der Waals surface area (Å²) in [5.41, 5.74) is 5.72. The summed E-state index contributed by atoms with van der Waals surface area (Å²) in [5.74, 6) is 1.19. The summed E-state index contributed by atoms with van der Waals surface area (Å²) >= 11 is 6.55. The fourth-order valence-corrected chi connectivity index (χ4v) is 5.69. The highest BCUT2D eigenvalue weighted by atomic mass is 35.5. The number of hydrogen-bond acceptors (Lipinski definition) is 1. The third-order valence-corrected chi connectivity index (χ3v) is 7.94. The Morgan fingerprint density at radius 2 is 1.42 bits per heavy atom. The highest BCUT2D eigenvalue weighted by Crippen LogP contribution is 2.37. The second-order valence-corrected chi connectivity index (χ2v) is 11.1. The fourth-order valence-electron chi connectivity index (χ4n) is 5.50. The maximum Gasteiger partial charge on any atom is 0.322 e. The van der Waals surface area contributed by atoms with Gasteiger partial charge in [-0.05, 0) is 71.8 Å². The van der Waals surface area contributed by atoms with E-state index in [2.05, 4.69) is 81.5 Å². The molecule has 1 fully saturated rings. The van der Waals surface area contributed by atoms with Gasteiger partial charge in [-0.25, -0.2) is 4.79 Å². The van der Waals surface area contributed by atoms with Crippen LogP contribution < -0.4 is 5.32 Å². The minimum atomic E-state index is -0.0342. The fraction of sp³-hybridized carbons (Fsp3) is 0.406. The van der Waals surface area contributed by atoms with Gasteiger partial charge in [0.15, 0.2) is 0 Å². The van der Waals surface area contributed by atoms with Crippen molar-refractivity contribution in [1.29, 1.82) is 0 Å². The molecule has 0 radical (unpaired) electrons. The van der Waals surface area contributed by atoms with Crippen molar-refractivity contribution in [2.45, 2.75) is 83.7 Å². The Morgan fingerprint density at radius 3 is 2.00 bits per heavy atom. The lowest BCUT2D eigenvalue weighted by molar-refractivity contribution is 0.158. The van der Waals surface area contributed by atoms with E-state index in [1.54, 1.807) is 0 Å². The predicted octanol–water partition coefficient (Wildman–Crippen LogP) is 9.35. The van der Waals surface area contributed by atoms with Crippen LogP contribution in [0.4, 0.5) is 10.5 Å². The van der Waals surface area contributed by atoms with Gasteiger partial charge in [0.25, 0.3) is 0 Å². The van der Waals surface area contributed by atoms with E-state index in [1.165, 1.54) is 16.7 Å². The Bertz CT molecular complexity index is 1120. The maximum absolute atomic E-state index is 14.0. The van der Waals surface area contributed by atoms with Crippen LogP contribution in [0.25, 0.3) is 0 Å². The molecule has 4 rings (SSSR count). The van der Waals surface area contributed by atoms with Crippen LogP contribution in [-0.4, -0.2) is 17.0 Å². The van der Waals surface area contributed by atoms with Gasteiger partial charge in [-0.3, -0.25) is 0 Å². The van der Waals surface area contributed by atoms with Gasteiger partial charge >= 0.3 is 6.03 Å². The number of nitrogens with one attached hydrogen (secondary N) is 1. The SMILES string of the molecule is CC(C)c1cccc(C(C)C)c1NC(=O)N(Cc1ccccc1Cl)C1CCC(c2ccccc2)CC1. The number of carbonyl (C=O) groups is 1. The van der Waals surface area contributed by atoms with E-state index in [-0.39, 0.29) is 12.1 Å². The first-order valence-corrected chi connectivity index (χ1v) is 13.7. The monoisotopic (exact) mass is 502 g/mol. The second-order valence-electron chi connectivity index (χ2n) is 10.7. The third-order valence-electron chi connectivity index (χ3n) is 7.57. The molecule has 0 saturated heterocycles. The first kappa shape index (κ1) is 26.3. The molecule has 2 amide bonds. The summed E-state index contributed by atoms with van der Waals surface area (Å²) in [6.45, 7) is 9.24. The van der Waals surface area contributed by atoms with E-state index in [1.807, 2.05) is 29.2 Å². The van der Waals surface area contributed by atoms with Crippen LogP contribution in [0.2, 0.25) is 5.02 Å². The van der Waals surface area contributed by atoms with Gasteiger partial charge in [0.1, 0.15) is 0 Å². The van der Waals surface area contributed by atoms with Gasteiger partial charge in [-0.2, -0.15) is 0 Å². The number of carbonyl (C=O) groups excluding carboxylic acids is 1. The zero-order chi connectivity index (χ0) is 25.7. The highest BCUT2D eigenvalue weighted by Gasteiger charge is 2.31. The normalized spacial score (nSPS) is 17.9. The number of rotatable bonds is 7. The summed E-state index contributed by atoms with van der Waals surface area (Å²) < 4.78 is 0. The lowest BCUT2D eigenvalue weighted by atomic mass is 9.81. The van der Waals surface area contributed by atoms with E-state index in [9.17, 15) is 4.79 Å². The largest absolute Gasteiger partial charge is 0.322 e. The summed E-state index contributed by atoms with van der Waals surface area (Å²) in [4.78, 5) is 16.0. The highest BCUT2D eigenvalue weighted by molar-refractivity contribution is 6.31. The van der Waals surface area contributed by atoms with Crippen LogP contribution in [0, 0.1) is 0 Å². The minimum absolute atomic E-state index is 0.0342. The number of urea groups is 1. The number of amides is 2. The molecular weight excluding hydrogens is 464 g/mol. The zero-order valence-corrected chi connectivity index (χ0v) is 22.8. The minimum Gasteiger partial charge on any atom is -0.317 e. The van der Waals surface area contributed by atoms with Crippen LogP contribution in [-0.2, 0) is 6.54 Å². The Labute approximate surface area is 221 Å². The number of hydrogen-bond donors (Lipinski definition) is 1. The predicted molar refractivity (Wildman–Crippen MR) is 152 cm³/mol. The number of anilines is 1.